The van der Waals surface area contributed by atoms with E-state index in [1.807, 2.05) is 43.3 Å². The Morgan fingerprint density at radius 1 is 1.17 bits per heavy atom. The number of carbonyl (C=O) groups excluding carboxylic acids is 1. The zero-order valence-electron chi connectivity index (χ0n) is 13.1. The number of benzene rings is 2. The first kappa shape index (κ1) is 16.7. The van der Waals surface area contributed by atoms with Crippen LogP contribution < -0.4 is 15.5 Å². The quantitative estimate of drug-likeness (QED) is 0.846. The molecule has 0 aliphatic heterocycles. The van der Waals surface area contributed by atoms with Crippen molar-refractivity contribution in [3.05, 3.63) is 59.1 Å². The van der Waals surface area contributed by atoms with Gasteiger partial charge < -0.3 is 15.5 Å². The molecule has 0 saturated heterocycles. The van der Waals surface area contributed by atoms with Gasteiger partial charge in [0.1, 0.15) is 0 Å². The van der Waals surface area contributed by atoms with Crippen LogP contribution in [0.15, 0.2) is 48.5 Å². The minimum atomic E-state index is -0.315. The van der Waals surface area contributed by atoms with Gasteiger partial charge in [-0.05, 0) is 42.5 Å². The Hall–Kier alpha value is -2.64. The number of nitrogens with one attached hydrogen (secondary N) is 2. The Bertz CT molecular complexity index is 730. The molecule has 5 heteroatoms. The molecule has 0 atom stereocenters. The molecule has 118 valence electrons. The summed E-state index contributed by atoms with van der Waals surface area (Å²) in [6.07, 6.45) is 0. The van der Waals surface area contributed by atoms with Gasteiger partial charge >= 0.3 is 6.03 Å². The van der Waals surface area contributed by atoms with Gasteiger partial charge in [0, 0.05) is 36.1 Å². The van der Waals surface area contributed by atoms with Gasteiger partial charge in [0.05, 0.1) is 6.54 Å². The molecule has 0 aliphatic rings. The number of rotatable bonds is 3. The summed E-state index contributed by atoms with van der Waals surface area (Å²) < 4.78 is 0. The van der Waals surface area contributed by atoms with Crippen molar-refractivity contribution >= 4 is 29.0 Å². The van der Waals surface area contributed by atoms with E-state index in [1.54, 1.807) is 24.3 Å². The number of amides is 2. The molecule has 0 bridgehead atoms. The first-order chi connectivity index (χ1) is 11.0. The minimum Gasteiger partial charge on any atom is -0.378 e. The van der Waals surface area contributed by atoms with Crippen molar-refractivity contribution in [3.8, 4) is 11.8 Å². The third-order valence-corrected chi connectivity index (χ3v) is 3.27. The van der Waals surface area contributed by atoms with Crippen molar-refractivity contribution in [3.63, 3.8) is 0 Å². The lowest BCUT2D eigenvalue weighted by molar-refractivity contribution is 0.253. The lowest BCUT2D eigenvalue weighted by Crippen LogP contribution is -2.28. The van der Waals surface area contributed by atoms with E-state index in [-0.39, 0.29) is 12.6 Å². The van der Waals surface area contributed by atoms with Gasteiger partial charge in [0.25, 0.3) is 0 Å². The van der Waals surface area contributed by atoms with Gasteiger partial charge in [-0.1, -0.05) is 29.5 Å². The van der Waals surface area contributed by atoms with Crippen LogP contribution in [0.25, 0.3) is 0 Å². The van der Waals surface area contributed by atoms with E-state index in [4.69, 9.17) is 11.6 Å². The van der Waals surface area contributed by atoms with Gasteiger partial charge in [0.2, 0.25) is 0 Å². The van der Waals surface area contributed by atoms with Gasteiger partial charge in [-0.3, -0.25) is 0 Å². The highest BCUT2D eigenvalue weighted by Gasteiger charge is 2.00. The van der Waals surface area contributed by atoms with Crippen molar-refractivity contribution in [1.29, 1.82) is 0 Å². The zero-order valence-corrected chi connectivity index (χ0v) is 13.8. The van der Waals surface area contributed by atoms with Crippen LogP contribution in [-0.4, -0.2) is 26.7 Å². The molecule has 0 saturated carbocycles. The molecule has 0 heterocycles. The lowest BCUT2D eigenvalue weighted by atomic mass is 10.2. The molecule has 0 aliphatic carbocycles. The second kappa shape index (κ2) is 8.11. The van der Waals surface area contributed by atoms with Crippen molar-refractivity contribution in [1.82, 2.24) is 5.32 Å². The molecule has 23 heavy (non-hydrogen) atoms. The van der Waals surface area contributed by atoms with Crippen LogP contribution in [0, 0.1) is 11.8 Å². The average molecular weight is 328 g/mol. The molecular weight excluding hydrogens is 310 g/mol. The predicted octanol–water partition coefficient (Wildman–Crippen LogP) is 3.58. The summed E-state index contributed by atoms with van der Waals surface area (Å²) in [6.45, 7) is 0.266. The molecule has 0 unspecified atom stereocenters. The SMILES string of the molecule is CN(C)c1ccc(C#CCNC(=O)Nc2cccc(Cl)c2)cc1. The Kier molecular flexibility index (Phi) is 5.90. The van der Waals surface area contributed by atoms with Crippen LogP contribution in [0.3, 0.4) is 0 Å². The molecule has 2 N–H and O–H groups in total. The zero-order chi connectivity index (χ0) is 16.7. The van der Waals surface area contributed by atoms with Gasteiger partial charge in [0.15, 0.2) is 0 Å². The van der Waals surface area contributed by atoms with E-state index in [2.05, 4.69) is 22.5 Å². The maximum atomic E-state index is 11.7. The standard InChI is InChI=1S/C18H18ClN3O/c1-22(2)17-10-8-14(9-11-17)5-4-12-20-18(23)21-16-7-3-6-15(19)13-16/h3,6-11,13H,12H2,1-2H3,(H2,20,21,23). The third-order valence-electron chi connectivity index (χ3n) is 3.04. The third kappa shape index (κ3) is 5.57. The van der Waals surface area contributed by atoms with Crippen LogP contribution in [0.5, 0.6) is 0 Å². The van der Waals surface area contributed by atoms with Crippen LogP contribution >= 0.6 is 11.6 Å². The number of urea groups is 1. The monoisotopic (exact) mass is 327 g/mol. The summed E-state index contributed by atoms with van der Waals surface area (Å²) in [5.41, 5.74) is 2.67. The van der Waals surface area contributed by atoms with Crippen LogP contribution in [0.1, 0.15) is 5.56 Å². The summed E-state index contributed by atoms with van der Waals surface area (Å²) in [5, 5.41) is 5.94. The fourth-order valence-electron chi connectivity index (χ4n) is 1.86. The largest absolute Gasteiger partial charge is 0.378 e. The summed E-state index contributed by atoms with van der Waals surface area (Å²) in [4.78, 5) is 13.7. The fraction of sp³-hybridized carbons (Fsp3) is 0.167. The summed E-state index contributed by atoms with van der Waals surface area (Å²) >= 11 is 5.86. The Balaban J connectivity index is 1.81. The summed E-state index contributed by atoms with van der Waals surface area (Å²) in [5.74, 6) is 5.92. The molecule has 2 aromatic carbocycles. The number of carbonyl (C=O) groups is 1. The van der Waals surface area contributed by atoms with E-state index in [9.17, 15) is 4.79 Å². The normalized spacial score (nSPS) is 9.52. The second-order valence-electron chi connectivity index (χ2n) is 5.06. The second-order valence-corrected chi connectivity index (χ2v) is 5.50. The molecule has 0 fully saturated rings. The molecule has 0 radical (unpaired) electrons. The number of anilines is 2. The molecule has 2 rings (SSSR count). The minimum absolute atomic E-state index is 0.266. The van der Waals surface area contributed by atoms with Gasteiger partial charge in [-0.15, -0.1) is 0 Å². The fourth-order valence-corrected chi connectivity index (χ4v) is 2.05. The Labute approximate surface area is 141 Å². The molecule has 2 aromatic rings. The number of halogens is 1. The molecule has 0 spiro atoms. The van der Waals surface area contributed by atoms with Gasteiger partial charge in [-0.2, -0.15) is 0 Å². The first-order valence-corrected chi connectivity index (χ1v) is 7.49. The highest BCUT2D eigenvalue weighted by atomic mass is 35.5. The maximum absolute atomic E-state index is 11.7. The average Bonchev–Trinajstić information content (AvgIpc) is 2.52. The molecular formula is C18H18ClN3O. The van der Waals surface area contributed by atoms with Crippen molar-refractivity contribution in [2.24, 2.45) is 0 Å². The van der Waals surface area contributed by atoms with E-state index in [0.29, 0.717) is 10.7 Å². The highest BCUT2D eigenvalue weighted by molar-refractivity contribution is 6.30. The molecule has 4 nitrogen and oxygen atoms in total. The van der Waals surface area contributed by atoms with Crippen LogP contribution in [0.2, 0.25) is 5.02 Å². The highest BCUT2D eigenvalue weighted by Crippen LogP contribution is 2.14. The van der Waals surface area contributed by atoms with E-state index in [1.165, 1.54) is 0 Å². The van der Waals surface area contributed by atoms with Gasteiger partial charge in [-0.25, -0.2) is 4.79 Å². The summed E-state index contributed by atoms with van der Waals surface area (Å²) in [6, 6.07) is 14.6. The molecule has 0 aromatic heterocycles. The van der Waals surface area contributed by atoms with E-state index < -0.39 is 0 Å². The van der Waals surface area contributed by atoms with Crippen molar-refractivity contribution in [2.45, 2.75) is 0 Å². The van der Waals surface area contributed by atoms with Crippen LogP contribution in [-0.2, 0) is 0 Å². The Morgan fingerprint density at radius 3 is 2.57 bits per heavy atom. The first-order valence-electron chi connectivity index (χ1n) is 7.11. The predicted molar refractivity (Wildman–Crippen MR) is 96.1 cm³/mol. The number of nitrogens with zero attached hydrogens (tertiary/aromatic N) is 1. The van der Waals surface area contributed by atoms with Crippen molar-refractivity contribution < 1.29 is 4.79 Å². The Morgan fingerprint density at radius 2 is 1.91 bits per heavy atom. The van der Waals surface area contributed by atoms with Crippen molar-refractivity contribution in [2.75, 3.05) is 30.9 Å². The maximum Gasteiger partial charge on any atom is 0.319 e. The summed E-state index contributed by atoms with van der Waals surface area (Å²) in [7, 11) is 3.98. The molecule has 2 amide bonds. The smallest absolute Gasteiger partial charge is 0.319 e. The van der Waals surface area contributed by atoms with E-state index in [0.717, 1.165) is 11.3 Å². The van der Waals surface area contributed by atoms with E-state index >= 15 is 0 Å². The lowest BCUT2D eigenvalue weighted by Gasteiger charge is -2.11. The topological polar surface area (TPSA) is 44.4 Å². The number of hydrogen-bond acceptors (Lipinski definition) is 2. The number of hydrogen-bond donors (Lipinski definition) is 2. The van der Waals surface area contributed by atoms with Crippen LogP contribution in [0.4, 0.5) is 16.2 Å².